The molecule has 92 valence electrons. The highest BCUT2D eigenvalue weighted by atomic mass is 16.5. The van der Waals surface area contributed by atoms with Gasteiger partial charge in [0.05, 0.1) is 6.61 Å². The van der Waals surface area contributed by atoms with E-state index in [0.717, 1.165) is 24.2 Å². The van der Waals surface area contributed by atoms with Gasteiger partial charge in [0.15, 0.2) is 11.5 Å². The molecule has 0 aliphatic carbocycles. The first kappa shape index (κ1) is 10.8. The molecule has 0 saturated heterocycles. The van der Waals surface area contributed by atoms with Crippen molar-refractivity contribution in [2.75, 3.05) is 6.61 Å². The number of carboxylic acids is 1. The number of rotatable bonds is 2. The van der Waals surface area contributed by atoms with E-state index in [4.69, 9.17) is 14.4 Å². The number of carbonyl (C=O) groups is 1. The third-order valence-electron chi connectivity index (χ3n) is 2.93. The van der Waals surface area contributed by atoms with Crippen LogP contribution >= 0.6 is 0 Å². The highest BCUT2D eigenvalue weighted by Crippen LogP contribution is 2.30. The Hall–Kier alpha value is -2.30. The number of hydrogen-bond acceptors (Lipinski definition) is 4. The van der Waals surface area contributed by atoms with E-state index in [1.165, 1.54) is 11.6 Å². The number of benzene rings is 1. The maximum atomic E-state index is 10.7. The standard InChI is InChI=1S/C13H11NO4/c15-13(16)10-7-12(18-14-10)9-4-3-8-2-1-5-17-11(8)6-9/h3-4,6-7H,1-2,5H2,(H,15,16). The van der Waals surface area contributed by atoms with E-state index >= 15 is 0 Å². The van der Waals surface area contributed by atoms with Gasteiger partial charge in [-0.1, -0.05) is 17.3 Å². The van der Waals surface area contributed by atoms with Crippen LogP contribution in [0.2, 0.25) is 0 Å². The van der Waals surface area contributed by atoms with Gasteiger partial charge >= 0.3 is 5.97 Å². The number of aromatic carboxylic acids is 1. The molecule has 0 saturated carbocycles. The Morgan fingerprint density at radius 2 is 2.22 bits per heavy atom. The van der Waals surface area contributed by atoms with Crippen LogP contribution in [0.15, 0.2) is 28.8 Å². The Balaban J connectivity index is 1.98. The zero-order valence-electron chi connectivity index (χ0n) is 9.55. The minimum Gasteiger partial charge on any atom is -0.493 e. The van der Waals surface area contributed by atoms with Gasteiger partial charge < -0.3 is 14.4 Å². The van der Waals surface area contributed by atoms with E-state index in [0.29, 0.717) is 12.4 Å². The predicted octanol–water partition coefficient (Wildman–Crippen LogP) is 2.36. The molecule has 1 aliphatic rings. The van der Waals surface area contributed by atoms with Crippen molar-refractivity contribution in [2.45, 2.75) is 12.8 Å². The van der Waals surface area contributed by atoms with Crippen LogP contribution in [0.3, 0.4) is 0 Å². The fourth-order valence-electron chi connectivity index (χ4n) is 2.01. The quantitative estimate of drug-likeness (QED) is 0.879. The highest BCUT2D eigenvalue weighted by Gasteiger charge is 2.15. The number of aryl methyl sites for hydroxylation is 1. The molecule has 1 N–H and O–H groups in total. The maximum absolute atomic E-state index is 10.7. The lowest BCUT2D eigenvalue weighted by atomic mass is 10.0. The van der Waals surface area contributed by atoms with E-state index in [1.54, 1.807) is 0 Å². The van der Waals surface area contributed by atoms with Gasteiger partial charge in [-0.15, -0.1) is 0 Å². The van der Waals surface area contributed by atoms with Gasteiger partial charge in [0.1, 0.15) is 5.75 Å². The summed E-state index contributed by atoms with van der Waals surface area (Å²) in [6.07, 6.45) is 2.03. The lowest BCUT2D eigenvalue weighted by Crippen LogP contribution is -2.07. The van der Waals surface area contributed by atoms with Crippen LogP contribution in [0.25, 0.3) is 11.3 Å². The zero-order valence-corrected chi connectivity index (χ0v) is 9.55. The van der Waals surface area contributed by atoms with Gasteiger partial charge in [-0.3, -0.25) is 0 Å². The van der Waals surface area contributed by atoms with Crippen molar-refractivity contribution < 1.29 is 19.2 Å². The SMILES string of the molecule is O=C(O)c1cc(-c2ccc3c(c2)OCCC3)on1. The molecule has 1 aromatic heterocycles. The number of fused-ring (bicyclic) bond motifs is 1. The molecular formula is C13H11NO4. The van der Waals surface area contributed by atoms with Crippen molar-refractivity contribution >= 4 is 5.97 Å². The van der Waals surface area contributed by atoms with E-state index in [-0.39, 0.29) is 5.69 Å². The molecule has 18 heavy (non-hydrogen) atoms. The topological polar surface area (TPSA) is 72.6 Å². The molecule has 0 spiro atoms. The fourth-order valence-corrected chi connectivity index (χ4v) is 2.01. The van der Waals surface area contributed by atoms with E-state index < -0.39 is 5.97 Å². The highest BCUT2D eigenvalue weighted by molar-refractivity contribution is 5.86. The van der Waals surface area contributed by atoms with Crippen molar-refractivity contribution in [3.05, 3.63) is 35.5 Å². The molecule has 0 bridgehead atoms. The Morgan fingerprint density at radius 3 is 3.00 bits per heavy atom. The summed E-state index contributed by atoms with van der Waals surface area (Å²) in [5.74, 6) is 0.176. The van der Waals surface area contributed by atoms with Crippen molar-refractivity contribution in [3.63, 3.8) is 0 Å². The van der Waals surface area contributed by atoms with Gasteiger partial charge in [0.25, 0.3) is 0 Å². The molecule has 5 heteroatoms. The van der Waals surface area contributed by atoms with E-state index in [2.05, 4.69) is 5.16 Å². The minimum absolute atomic E-state index is 0.0939. The predicted molar refractivity (Wildman–Crippen MR) is 62.7 cm³/mol. The van der Waals surface area contributed by atoms with E-state index in [1.807, 2.05) is 18.2 Å². The molecule has 0 radical (unpaired) electrons. The lowest BCUT2D eigenvalue weighted by molar-refractivity contribution is 0.0686. The van der Waals surface area contributed by atoms with Crippen molar-refractivity contribution in [2.24, 2.45) is 0 Å². The molecule has 0 atom stereocenters. The minimum atomic E-state index is -1.10. The van der Waals surface area contributed by atoms with E-state index in [9.17, 15) is 4.79 Å². The smallest absolute Gasteiger partial charge is 0.358 e. The van der Waals surface area contributed by atoms with Crippen LogP contribution in [0.5, 0.6) is 5.75 Å². The Labute approximate surface area is 103 Å². The van der Waals surface area contributed by atoms with Crippen molar-refractivity contribution in [1.82, 2.24) is 5.16 Å². The van der Waals surface area contributed by atoms with Crippen molar-refractivity contribution in [3.8, 4) is 17.1 Å². The number of carboxylic acid groups (broad SMARTS) is 1. The molecule has 1 aliphatic heterocycles. The van der Waals surface area contributed by atoms with Crippen LogP contribution in [0.4, 0.5) is 0 Å². The average Bonchev–Trinajstić information content (AvgIpc) is 2.88. The zero-order chi connectivity index (χ0) is 12.5. The summed E-state index contributed by atoms with van der Waals surface area (Å²) in [5.41, 5.74) is 1.85. The first-order valence-electron chi connectivity index (χ1n) is 5.70. The summed E-state index contributed by atoms with van der Waals surface area (Å²) in [4.78, 5) is 10.7. The summed E-state index contributed by atoms with van der Waals surface area (Å²) in [5, 5.41) is 12.3. The molecule has 1 aromatic carbocycles. The Morgan fingerprint density at radius 1 is 1.33 bits per heavy atom. The average molecular weight is 245 g/mol. The van der Waals surface area contributed by atoms with Crippen LogP contribution < -0.4 is 4.74 Å². The Kier molecular flexibility index (Phi) is 2.51. The van der Waals surface area contributed by atoms with Gasteiger partial charge in [-0.2, -0.15) is 0 Å². The second-order valence-corrected chi connectivity index (χ2v) is 4.16. The van der Waals surface area contributed by atoms with Crippen molar-refractivity contribution in [1.29, 1.82) is 0 Å². The number of ether oxygens (including phenoxy) is 1. The molecule has 3 rings (SSSR count). The molecule has 5 nitrogen and oxygen atoms in total. The summed E-state index contributed by atoms with van der Waals surface area (Å²) < 4.78 is 10.6. The molecular weight excluding hydrogens is 234 g/mol. The maximum Gasteiger partial charge on any atom is 0.358 e. The normalized spacial score (nSPS) is 13.8. The molecule has 2 heterocycles. The fraction of sp³-hybridized carbons (Fsp3) is 0.231. The molecule has 0 fully saturated rings. The van der Waals surface area contributed by atoms with Crippen LogP contribution in [0, 0.1) is 0 Å². The third kappa shape index (κ3) is 1.84. The Bertz CT molecular complexity index is 603. The van der Waals surface area contributed by atoms with Gasteiger partial charge in [-0.25, -0.2) is 4.79 Å². The summed E-state index contributed by atoms with van der Waals surface area (Å²) in [6.45, 7) is 0.716. The molecule has 0 unspecified atom stereocenters. The first-order valence-corrected chi connectivity index (χ1v) is 5.70. The van der Waals surface area contributed by atoms with Crippen LogP contribution in [-0.4, -0.2) is 22.8 Å². The summed E-state index contributed by atoms with van der Waals surface area (Å²) in [6, 6.07) is 7.14. The lowest BCUT2D eigenvalue weighted by Gasteiger charge is -2.17. The number of hydrogen-bond donors (Lipinski definition) is 1. The van der Waals surface area contributed by atoms with Crippen LogP contribution in [-0.2, 0) is 6.42 Å². The summed E-state index contributed by atoms with van der Waals surface area (Å²) in [7, 11) is 0. The number of aromatic nitrogens is 1. The van der Waals surface area contributed by atoms with Gasteiger partial charge in [0.2, 0.25) is 0 Å². The number of nitrogens with zero attached hydrogens (tertiary/aromatic N) is 1. The molecule has 0 amide bonds. The second kappa shape index (κ2) is 4.18. The third-order valence-corrected chi connectivity index (χ3v) is 2.93. The summed E-state index contributed by atoms with van der Waals surface area (Å²) >= 11 is 0. The van der Waals surface area contributed by atoms with Gasteiger partial charge in [-0.05, 0) is 24.5 Å². The monoisotopic (exact) mass is 245 g/mol. The largest absolute Gasteiger partial charge is 0.493 e. The second-order valence-electron chi connectivity index (χ2n) is 4.16. The molecule has 2 aromatic rings. The van der Waals surface area contributed by atoms with Gasteiger partial charge in [0, 0.05) is 11.6 Å². The first-order chi connectivity index (χ1) is 8.74. The van der Waals surface area contributed by atoms with Crippen LogP contribution in [0.1, 0.15) is 22.5 Å².